The number of guanidine groups is 1. The zero-order chi connectivity index (χ0) is 12.1. The first-order chi connectivity index (χ1) is 7.30. The van der Waals surface area contributed by atoms with Gasteiger partial charge in [-0.25, -0.2) is 0 Å². The Bertz CT molecular complexity index is 406. The lowest BCUT2D eigenvalue weighted by molar-refractivity contribution is -0.123. The lowest BCUT2D eigenvalue weighted by Crippen LogP contribution is -2.33. The molecule has 4 N–H and O–H groups in total. The van der Waals surface area contributed by atoms with E-state index in [9.17, 15) is 4.79 Å². The third kappa shape index (κ3) is 1.14. The van der Waals surface area contributed by atoms with Crippen LogP contribution in [-0.2, 0) is 4.79 Å². The number of nitrogens with zero attached hydrogens (tertiary/aromatic N) is 2. The Morgan fingerprint density at radius 1 is 1.38 bits per heavy atom. The van der Waals surface area contributed by atoms with Gasteiger partial charge >= 0.3 is 0 Å². The van der Waals surface area contributed by atoms with Gasteiger partial charge in [-0.2, -0.15) is 0 Å². The molecule has 2 aliphatic rings. The van der Waals surface area contributed by atoms with Crippen LogP contribution < -0.4 is 11.5 Å². The molecule has 2 aliphatic carbocycles. The smallest absolute Gasteiger partial charge is 0.211 e. The van der Waals surface area contributed by atoms with E-state index in [1.807, 2.05) is 6.92 Å². The maximum atomic E-state index is 12.2. The SMILES string of the molecule is CC1(C)[C@@H]2CC[C@]1(C)C(=O)C2=NN=C(N)N. The zero-order valence-electron chi connectivity index (χ0n) is 9.95. The van der Waals surface area contributed by atoms with Gasteiger partial charge in [-0.1, -0.05) is 20.8 Å². The third-order valence-electron chi connectivity index (χ3n) is 4.56. The van der Waals surface area contributed by atoms with Crippen LogP contribution in [0.2, 0.25) is 0 Å². The van der Waals surface area contributed by atoms with Crippen molar-refractivity contribution in [1.29, 1.82) is 0 Å². The molecule has 2 bridgehead atoms. The van der Waals surface area contributed by atoms with Crippen molar-refractivity contribution >= 4 is 17.5 Å². The van der Waals surface area contributed by atoms with Crippen molar-refractivity contribution in [3.05, 3.63) is 0 Å². The van der Waals surface area contributed by atoms with Gasteiger partial charge in [0.15, 0.2) is 5.78 Å². The highest BCUT2D eigenvalue weighted by molar-refractivity contribution is 6.45. The number of fused-ring (bicyclic) bond motifs is 2. The fraction of sp³-hybridized carbons (Fsp3) is 0.727. The summed E-state index contributed by atoms with van der Waals surface area (Å²) < 4.78 is 0. The van der Waals surface area contributed by atoms with Crippen LogP contribution in [0, 0.1) is 16.7 Å². The van der Waals surface area contributed by atoms with E-state index in [4.69, 9.17) is 11.5 Å². The van der Waals surface area contributed by atoms with Crippen molar-refractivity contribution in [2.24, 2.45) is 38.4 Å². The molecule has 0 aliphatic heterocycles. The second-order valence-corrected chi connectivity index (χ2v) is 5.48. The normalized spacial score (nSPS) is 38.1. The van der Waals surface area contributed by atoms with Crippen LogP contribution in [0.4, 0.5) is 0 Å². The molecule has 0 aromatic heterocycles. The average molecular weight is 222 g/mol. The van der Waals surface area contributed by atoms with Crippen LogP contribution in [0.1, 0.15) is 33.6 Å². The van der Waals surface area contributed by atoms with Crippen LogP contribution in [0.5, 0.6) is 0 Å². The highest BCUT2D eigenvalue weighted by atomic mass is 16.1. The van der Waals surface area contributed by atoms with Gasteiger partial charge in [-0.05, 0) is 18.3 Å². The van der Waals surface area contributed by atoms with Gasteiger partial charge in [0, 0.05) is 11.3 Å². The Morgan fingerprint density at radius 2 is 2.00 bits per heavy atom. The zero-order valence-corrected chi connectivity index (χ0v) is 9.95. The first kappa shape index (κ1) is 11.1. The molecule has 0 aromatic carbocycles. The summed E-state index contributed by atoms with van der Waals surface area (Å²) >= 11 is 0. The number of carbonyl (C=O) groups excluding carboxylic acids is 1. The molecule has 16 heavy (non-hydrogen) atoms. The number of ketones is 1. The molecular weight excluding hydrogens is 204 g/mol. The quantitative estimate of drug-likeness (QED) is 0.387. The van der Waals surface area contributed by atoms with E-state index in [-0.39, 0.29) is 28.5 Å². The molecule has 0 saturated heterocycles. The van der Waals surface area contributed by atoms with Crippen LogP contribution in [0.15, 0.2) is 10.2 Å². The molecule has 0 heterocycles. The summed E-state index contributed by atoms with van der Waals surface area (Å²) in [5.74, 6) is 0.192. The van der Waals surface area contributed by atoms with Crippen molar-refractivity contribution in [2.75, 3.05) is 0 Å². The Balaban J connectivity index is 2.45. The predicted molar refractivity (Wildman–Crippen MR) is 62.9 cm³/mol. The molecule has 0 unspecified atom stereocenters. The average Bonchev–Trinajstić information content (AvgIpc) is 2.47. The Hall–Kier alpha value is -1.39. The molecule has 0 spiro atoms. The van der Waals surface area contributed by atoms with Crippen LogP contribution in [0.3, 0.4) is 0 Å². The van der Waals surface area contributed by atoms with Gasteiger partial charge in [0.05, 0.1) is 0 Å². The summed E-state index contributed by atoms with van der Waals surface area (Å²) in [7, 11) is 0. The molecule has 88 valence electrons. The van der Waals surface area contributed by atoms with Crippen molar-refractivity contribution in [2.45, 2.75) is 33.6 Å². The maximum Gasteiger partial charge on any atom is 0.211 e. The second-order valence-electron chi connectivity index (χ2n) is 5.48. The Morgan fingerprint density at radius 3 is 2.44 bits per heavy atom. The number of hydrogen-bond acceptors (Lipinski definition) is 3. The van der Waals surface area contributed by atoms with Gasteiger partial charge < -0.3 is 11.5 Å². The van der Waals surface area contributed by atoms with Gasteiger partial charge in [0.25, 0.3) is 0 Å². The van der Waals surface area contributed by atoms with Crippen molar-refractivity contribution in [3.63, 3.8) is 0 Å². The lowest BCUT2D eigenvalue weighted by atomic mass is 9.70. The Kier molecular flexibility index (Phi) is 2.12. The molecule has 5 nitrogen and oxygen atoms in total. The van der Waals surface area contributed by atoms with Crippen LogP contribution in [-0.4, -0.2) is 17.5 Å². The topological polar surface area (TPSA) is 93.8 Å². The summed E-state index contributed by atoms with van der Waals surface area (Å²) in [6.07, 6.45) is 1.93. The highest BCUT2D eigenvalue weighted by Gasteiger charge is 2.65. The van der Waals surface area contributed by atoms with Gasteiger partial charge in [-0.15, -0.1) is 10.2 Å². The molecule has 2 rings (SSSR count). The Labute approximate surface area is 95.0 Å². The summed E-state index contributed by atoms with van der Waals surface area (Å²) in [4.78, 5) is 12.2. The molecule has 2 atom stereocenters. The van der Waals surface area contributed by atoms with Crippen LogP contribution >= 0.6 is 0 Å². The number of hydrogen-bond donors (Lipinski definition) is 2. The molecule has 0 radical (unpaired) electrons. The van der Waals surface area contributed by atoms with E-state index >= 15 is 0 Å². The van der Waals surface area contributed by atoms with Crippen molar-refractivity contribution in [1.82, 2.24) is 0 Å². The number of rotatable bonds is 1. The fourth-order valence-electron chi connectivity index (χ4n) is 3.05. The molecule has 2 fully saturated rings. The molecule has 0 amide bonds. The minimum absolute atomic E-state index is 0.0399. The molecule has 2 saturated carbocycles. The predicted octanol–water partition coefficient (Wildman–Crippen LogP) is 0.641. The van der Waals surface area contributed by atoms with E-state index < -0.39 is 0 Å². The fourth-order valence-corrected chi connectivity index (χ4v) is 3.05. The monoisotopic (exact) mass is 222 g/mol. The van der Waals surface area contributed by atoms with E-state index in [2.05, 4.69) is 24.1 Å². The van der Waals surface area contributed by atoms with Crippen molar-refractivity contribution in [3.8, 4) is 0 Å². The largest absolute Gasteiger partial charge is 0.369 e. The van der Waals surface area contributed by atoms with E-state index in [0.29, 0.717) is 5.71 Å². The van der Waals surface area contributed by atoms with E-state index in [0.717, 1.165) is 12.8 Å². The minimum atomic E-state index is -0.296. The lowest BCUT2D eigenvalue weighted by Gasteiger charge is -2.31. The standard InChI is InChI=1S/C11H18N4O/c1-10(2)6-4-5-11(10,3)8(16)7(6)14-15-9(12)13/h6H,4-5H2,1-3H3,(H4,12,13,15)/t6-,11-/m1/s1. The number of carbonyl (C=O) groups is 1. The number of Topliss-reactive ketones (excluding diaryl/α,β-unsaturated/α-hetero) is 1. The summed E-state index contributed by atoms with van der Waals surface area (Å²) in [5.41, 5.74) is 10.7. The molecular formula is C11H18N4O. The summed E-state index contributed by atoms with van der Waals surface area (Å²) in [6, 6.07) is 0. The maximum absolute atomic E-state index is 12.2. The highest BCUT2D eigenvalue weighted by Crippen LogP contribution is 2.62. The summed E-state index contributed by atoms with van der Waals surface area (Å²) in [5, 5.41) is 7.54. The van der Waals surface area contributed by atoms with Crippen LogP contribution in [0.25, 0.3) is 0 Å². The van der Waals surface area contributed by atoms with Gasteiger partial charge in [-0.3, -0.25) is 4.79 Å². The first-order valence-electron chi connectivity index (χ1n) is 5.52. The van der Waals surface area contributed by atoms with Gasteiger partial charge in [0.2, 0.25) is 5.96 Å². The second kappa shape index (κ2) is 3.06. The number of nitrogens with two attached hydrogens (primary N) is 2. The van der Waals surface area contributed by atoms with Gasteiger partial charge in [0.1, 0.15) is 5.71 Å². The minimum Gasteiger partial charge on any atom is -0.369 e. The first-order valence-corrected chi connectivity index (χ1v) is 5.52. The van der Waals surface area contributed by atoms with E-state index in [1.54, 1.807) is 0 Å². The van der Waals surface area contributed by atoms with E-state index in [1.165, 1.54) is 0 Å². The summed E-state index contributed by atoms with van der Waals surface area (Å²) in [6.45, 7) is 6.27. The van der Waals surface area contributed by atoms with Crippen molar-refractivity contribution < 1.29 is 4.79 Å². The molecule has 0 aromatic rings. The molecule has 5 heteroatoms. The third-order valence-corrected chi connectivity index (χ3v) is 4.56.